The molecule has 0 unspecified atom stereocenters. The Kier molecular flexibility index (Phi) is 6.05. The molecule has 0 bridgehead atoms. The molecule has 0 saturated heterocycles. The predicted octanol–water partition coefficient (Wildman–Crippen LogP) is 3.56. The Morgan fingerprint density at radius 2 is 1.94 bits per heavy atom. The van der Waals surface area contributed by atoms with Crippen LogP contribution in [0, 0.1) is 11.7 Å². The van der Waals surface area contributed by atoms with Gasteiger partial charge in [-0.05, 0) is 46.3 Å². The molecule has 1 aromatic rings. The lowest BCUT2D eigenvalue weighted by Crippen LogP contribution is -2.32. The molecule has 0 spiro atoms. The summed E-state index contributed by atoms with van der Waals surface area (Å²) >= 11 is 3.19. The lowest BCUT2D eigenvalue weighted by molar-refractivity contribution is 0.0842. The van der Waals surface area contributed by atoms with Gasteiger partial charge in [0.05, 0.1) is 16.6 Å². The van der Waals surface area contributed by atoms with Crippen molar-refractivity contribution in [2.75, 3.05) is 0 Å². The van der Waals surface area contributed by atoms with E-state index in [2.05, 4.69) is 15.9 Å². The maximum atomic E-state index is 13.4. The number of nitrogens with two attached hydrogens (primary N) is 1. The Labute approximate surface area is 121 Å². The van der Waals surface area contributed by atoms with Gasteiger partial charge in [-0.2, -0.15) is 0 Å². The Bertz CT molecular complexity index is 399. The molecule has 1 aliphatic carbocycles. The van der Waals surface area contributed by atoms with Crippen molar-refractivity contribution in [1.29, 1.82) is 0 Å². The Balaban J connectivity index is 0.00000162. The average molecular weight is 339 g/mol. The highest BCUT2D eigenvalue weighted by atomic mass is 79.9. The van der Waals surface area contributed by atoms with Crippen LogP contribution in [0.1, 0.15) is 37.3 Å². The number of halogens is 3. The molecule has 1 saturated carbocycles. The van der Waals surface area contributed by atoms with E-state index in [4.69, 9.17) is 5.73 Å². The second-order valence-corrected chi connectivity index (χ2v) is 5.50. The van der Waals surface area contributed by atoms with Crippen molar-refractivity contribution >= 4 is 28.3 Å². The number of aliphatic hydroxyl groups is 1. The number of hydrogen-bond acceptors (Lipinski definition) is 2. The highest BCUT2D eigenvalue weighted by Crippen LogP contribution is 2.35. The van der Waals surface area contributed by atoms with Crippen molar-refractivity contribution in [2.24, 2.45) is 11.7 Å². The monoisotopic (exact) mass is 337 g/mol. The van der Waals surface area contributed by atoms with Crippen molar-refractivity contribution < 1.29 is 9.50 Å². The van der Waals surface area contributed by atoms with Crippen molar-refractivity contribution in [3.05, 3.63) is 34.1 Å². The summed E-state index contributed by atoms with van der Waals surface area (Å²) in [7, 11) is 0. The van der Waals surface area contributed by atoms with E-state index in [1.807, 2.05) is 0 Å². The molecule has 3 N–H and O–H groups in total. The van der Waals surface area contributed by atoms with E-state index in [0.717, 1.165) is 25.7 Å². The van der Waals surface area contributed by atoms with Crippen LogP contribution in [0.5, 0.6) is 0 Å². The smallest absolute Gasteiger partial charge is 0.137 e. The Hall–Kier alpha value is -0.160. The second kappa shape index (κ2) is 6.85. The summed E-state index contributed by atoms with van der Waals surface area (Å²) in [6.45, 7) is 0. The van der Waals surface area contributed by atoms with Crippen LogP contribution in [-0.4, -0.2) is 11.2 Å². The van der Waals surface area contributed by atoms with Crippen molar-refractivity contribution in [1.82, 2.24) is 0 Å². The minimum absolute atomic E-state index is 0. The molecule has 2 nitrogen and oxygen atoms in total. The summed E-state index contributed by atoms with van der Waals surface area (Å²) in [6.07, 6.45) is 3.75. The molecule has 102 valence electrons. The summed E-state index contributed by atoms with van der Waals surface area (Å²) in [5.74, 6) is -0.0864. The summed E-state index contributed by atoms with van der Waals surface area (Å²) in [4.78, 5) is 0. The third-order valence-corrected chi connectivity index (χ3v) is 4.43. The van der Waals surface area contributed by atoms with E-state index < -0.39 is 12.1 Å². The molecule has 1 fully saturated rings. The molecule has 5 heteroatoms. The molecule has 2 rings (SSSR count). The third kappa shape index (κ3) is 3.23. The van der Waals surface area contributed by atoms with E-state index in [1.54, 1.807) is 12.1 Å². The van der Waals surface area contributed by atoms with Gasteiger partial charge in [-0.25, -0.2) is 4.39 Å². The Morgan fingerprint density at radius 1 is 1.33 bits per heavy atom. The molecule has 0 aromatic heterocycles. The predicted molar refractivity (Wildman–Crippen MR) is 76.2 cm³/mol. The van der Waals surface area contributed by atoms with Crippen LogP contribution in [-0.2, 0) is 0 Å². The zero-order valence-electron chi connectivity index (χ0n) is 9.98. The lowest BCUT2D eigenvalue weighted by Gasteiger charge is -2.25. The van der Waals surface area contributed by atoms with Crippen LogP contribution in [0.3, 0.4) is 0 Å². The average Bonchev–Trinajstić information content (AvgIpc) is 2.84. The van der Waals surface area contributed by atoms with Crippen LogP contribution in [0.4, 0.5) is 4.39 Å². The van der Waals surface area contributed by atoms with Crippen LogP contribution in [0.2, 0.25) is 0 Å². The van der Waals surface area contributed by atoms with Crippen LogP contribution < -0.4 is 5.73 Å². The highest BCUT2D eigenvalue weighted by Gasteiger charge is 2.29. The Morgan fingerprint density at radius 3 is 2.56 bits per heavy atom. The van der Waals surface area contributed by atoms with Gasteiger partial charge in [-0.15, -0.1) is 12.4 Å². The maximum absolute atomic E-state index is 13.4. The zero-order chi connectivity index (χ0) is 12.4. The van der Waals surface area contributed by atoms with E-state index in [9.17, 15) is 9.50 Å². The first-order valence-electron chi connectivity index (χ1n) is 5.99. The number of rotatable bonds is 3. The second-order valence-electron chi connectivity index (χ2n) is 4.70. The first-order chi connectivity index (χ1) is 8.11. The van der Waals surface area contributed by atoms with Gasteiger partial charge in [0.1, 0.15) is 5.82 Å². The number of benzene rings is 1. The molecule has 0 aliphatic heterocycles. The highest BCUT2D eigenvalue weighted by molar-refractivity contribution is 9.10. The van der Waals surface area contributed by atoms with E-state index in [0.29, 0.717) is 10.0 Å². The molecule has 2 atom stereocenters. The largest absolute Gasteiger partial charge is 0.391 e. The minimum atomic E-state index is -0.587. The van der Waals surface area contributed by atoms with Crippen LogP contribution >= 0.6 is 28.3 Å². The van der Waals surface area contributed by atoms with Gasteiger partial charge in [0.15, 0.2) is 0 Å². The summed E-state index contributed by atoms with van der Waals surface area (Å²) in [5, 5.41) is 10.2. The molecular weight excluding hydrogens is 321 g/mol. The molecule has 0 heterocycles. The van der Waals surface area contributed by atoms with Gasteiger partial charge < -0.3 is 10.8 Å². The minimum Gasteiger partial charge on any atom is -0.391 e. The SMILES string of the molecule is Cl.N[C@@H](c1cccc(F)c1Br)[C@H](O)C1CCCC1. The van der Waals surface area contributed by atoms with Gasteiger partial charge in [-0.1, -0.05) is 25.0 Å². The normalized spacial score (nSPS) is 19.3. The molecular formula is C13H18BrClFNO. The molecule has 0 amide bonds. The van der Waals surface area contributed by atoms with Gasteiger partial charge in [-0.3, -0.25) is 0 Å². The fourth-order valence-electron chi connectivity index (χ4n) is 2.55. The van der Waals surface area contributed by atoms with Gasteiger partial charge in [0.2, 0.25) is 0 Å². The molecule has 0 radical (unpaired) electrons. The van der Waals surface area contributed by atoms with E-state index >= 15 is 0 Å². The van der Waals surface area contributed by atoms with Gasteiger partial charge in [0.25, 0.3) is 0 Å². The van der Waals surface area contributed by atoms with Gasteiger partial charge in [0, 0.05) is 0 Å². The number of aliphatic hydroxyl groups excluding tert-OH is 1. The first-order valence-corrected chi connectivity index (χ1v) is 6.78. The first kappa shape index (κ1) is 15.9. The quantitative estimate of drug-likeness (QED) is 0.885. The van der Waals surface area contributed by atoms with E-state index in [1.165, 1.54) is 6.07 Å². The fraction of sp³-hybridized carbons (Fsp3) is 0.538. The van der Waals surface area contributed by atoms with Crippen molar-refractivity contribution in [2.45, 2.75) is 37.8 Å². The summed E-state index contributed by atoms with van der Waals surface area (Å²) in [5.41, 5.74) is 6.68. The lowest BCUT2D eigenvalue weighted by atomic mass is 9.91. The summed E-state index contributed by atoms with van der Waals surface area (Å²) in [6, 6.07) is 4.23. The summed E-state index contributed by atoms with van der Waals surface area (Å²) < 4.78 is 13.8. The number of hydrogen-bond donors (Lipinski definition) is 2. The standard InChI is InChI=1S/C13H17BrFNO.ClH/c14-11-9(6-3-7-10(11)15)12(16)13(17)8-4-1-2-5-8;/h3,6-8,12-13,17H,1-2,4-5,16H2;1H/t12-,13+;/m0./s1. The van der Waals surface area contributed by atoms with E-state index in [-0.39, 0.29) is 24.1 Å². The zero-order valence-corrected chi connectivity index (χ0v) is 12.4. The molecule has 1 aromatic carbocycles. The maximum Gasteiger partial charge on any atom is 0.137 e. The fourth-order valence-corrected chi connectivity index (χ4v) is 3.08. The van der Waals surface area contributed by atoms with Gasteiger partial charge >= 0.3 is 0 Å². The van der Waals surface area contributed by atoms with Crippen LogP contribution in [0.15, 0.2) is 22.7 Å². The van der Waals surface area contributed by atoms with Crippen molar-refractivity contribution in [3.63, 3.8) is 0 Å². The van der Waals surface area contributed by atoms with Crippen LogP contribution in [0.25, 0.3) is 0 Å². The molecule has 18 heavy (non-hydrogen) atoms. The van der Waals surface area contributed by atoms with Crippen molar-refractivity contribution in [3.8, 4) is 0 Å². The third-order valence-electron chi connectivity index (χ3n) is 3.59. The molecule has 1 aliphatic rings. The topological polar surface area (TPSA) is 46.2 Å².